The molecule has 0 saturated heterocycles. The molecule has 19 heavy (non-hydrogen) atoms. The van der Waals surface area contributed by atoms with Crippen LogP contribution in [0.25, 0.3) is 22.3 Å². The molecule has 0 radical (unpaired) electrons. The van der Waals surface area contributed by atoms with E-state index < -0.39 is 0 Å². The van der Waals surface area contributed by atoms with Crippen LogP contribution >= 0.6 is 0 Å². The van der Waals surface area contributed by atoms with E-state index in [-0.39, 0.29) is 0 Å². The number of para-hydroxylation sites is 2. The number of fused-ring (bicyclic) bond motifs is 5. The summed E-state index contributed by atoms with van der Waals surface area (Å²) >= 11 is 0. The van der Waals surface area contributed by atoms with Crippen molar-refractivity contribution in [2.75, 3.05) is 0 Å². The van der Waals surface area contributed by atoms with Gasteiger partial charge in [-0.25, -0.2) is 0 Å². The largest absolute Gasteiger partial charge is 0.456 e. The molecule has 90 valence electrons. The Morgan fingerprint density at radius 3 is 1.26 bits per heavy atom. The summed E-state index contributed by atoms with van der Waals surface area (Å²) in [6.07, 6.45) is 0. The van der Waals surface area contributed by atoms with Gasteiger partial charge in [0.2, 0.25) is 0 Å². The van der Waals surface area contributed by atoms with Gasteiger partial charge in [-0.1, -0.05) is 60.7 Å². The van der Waals surface area contributed by atoms with Crippen LogP contribution in [0, 0.1) is 0 Å². The van der Waals surface area contributed by atoms with Gasteiger partial charge in [-0.15, -0.1) is 0 Å². The molecule has 0 bridgehead atoms. The normalized spacial score (nSPS) is 11.6. The summed E-state index contributed by atoms with van der Waals surface area (Å²) in [6.45, 7) is 0. The zero-order valence-electron chi connectivity index (χ0n) is 10.3. The topological polar surface area (TPSA) is 9.23 Å². The Labute approximate surface area is 112 Å². The number of benzene rings is 3. The van der Waals surface area contributed by atoms with Crippen molar-refractivity contribution < 1.29 is 4.74 Å². The molecular formula is C18H12O. The molecule has 0 N–H and O–H groups in total. The number of hydrogen-bond donors (Lipinski definition) is 0. The van der Waals surface area contributed by atoms with Crippen LogP contribution in [-0.2, 0) is 0 Å². The number of rotatable bonds is 0. The van der Waals surface area contributed by atoms with E-state index in [2.05, 4.69) is 48.5 Å². The van der Waals surface area contributed by atoms with Gasteiger partial charge in [0.1, 0.15) is 11.5 Å². The molecule has 4 rings (SSSR count). The second kappa shape index (κ2) is 3.99. The Morgan fingerprint density at radius 2 is 0.789 bits per heavy atom. The van der Waals surface area contributed by atoms with Crippen molar-refractivity contribution in [2.24, 2.45) is 0 Å². The standard InChI is InChI=1S/C18H12O/c1-2-8-14-13(7-1)15-9-3-5-11-17(15)19-18-12-6-4-10-16(14)18/h1-12H. The molecule has 3 aromatic rings. The summed E-state index contributed by atoms with van der Waals surface area (Å²) in [5.41, 5.74) is 4.75. The summed E-state index contributed by atoms with van der Waals surface area (Å²) in [6, 6.07) is 24.8. The highest BCUT2D eigenvalue weighted by Gasteiger charge is 2.18. The van der Waals surface area contributed by atoms with Crippen molar-refractivity contribution in [3.8, 4) is 33.8 Å². The molecule has 0 spiro atoms. The van der Waals surface area contributed by atoms with Crippen LogP contribution in [0.15, 0.2) is 72.8 Å². The third-order valence-electron chi connectivity index (χ3n) is 3.50. The lowest BCUT2D eigenvalue weighted by molar-refractivity contribution is 0.488. The van der Waals surface area contributed by atoms with Crippen LogP contribution < -0.4 is 4.74 Å². The van der Waals surface area contributed by atoms with Crippen LogP contribution in [0.3, 0.4) is 0 Å². The van der Waals surface area contributed by atoms with Crippen LogP contribution in [0.1, 0.15) is 0 Å². The van der Waals surface area contributed by atoms with E-state index in [4.69, 9.17) is 4.74 Å². The van der Waals surface area contributed by atoms with E-state index in [1.807, 2.05) is 24.3 Å². The Hall–Kier alpha value is -2.54. The zero-order valence-corrected chi connectivity index (χ0v) is 10.3. The third-order valence-corrected chi connectivity index (χ3v) is 3.50. The van der Waals surface area contributed by atoms with Gasteiger partial charge in [0, 0.05) is 11.1 Å². The first kappa shape index (κ1) is 10.4. The molecule has 3 aromatic carbocycles. The molecule has 0 saturated carbocycles. The Balaban J connectivity index is 2.13. The Bertz CT molecular complexity index is 694. The summed E-state index contributed by atoms with van der Waals surface area (Å²) in [7, 11) is 0. The van der Waals surface area contributed by atoms with Gasteiger partial charge in [-0.2, -0.15) is 0 Å². The molecule has 0 unspecified atom stereocenters. The minimum absolute atomic E-state index is 0.917. The lowest BCUT2D eigenvalue weighted by Crippen LogP contribution is -1.84. The third kappa shape index (κ3) is 1.55. The molecule has 0 atom stereocenters. The van der Waals surface area contributed by atoms with E-state index >= 15 is 0 Å². The zero-order chi connectivity index (χ0) is 12.7. The van der Waals surface area contributed by atoms with Crippen LogP contribution in [0.5, 0.6) is 11.5 Å². The quantitative estimate of drug-likeness (QED) is 0.417. The number of hydrogen-bond acceptors (Lipinski definition) is 1. The fraction of sp³-hybridized carbons (Fsp3) is 0. The highest BCUT2D eigenvalue weighted by molar-refractivity contribution is 5.90. The van der Waals surface area contributed by atoms with Gasteiger partial charge >= 0.3 is 0 Å². The average Bonchev–Trinajstić information content (AvgIpc) is 2.62. The lowest BCUT2D eigenvalue weighted by Gasteiger charge is -2.07. The lowest BCUT2D eigenvalue weighted by atomic mass is 9.95. The first-order valence-electron chi connectivity index (χ1n) is 6.39. The maximum absolute atomic E-state index is 6.08. The van der Waals surface area contributed by atoms with Gasteiger partial charge < -0.3 is 4.74 Å². The molecule has 0 aromatic heterocycles. The Morgan fingerprint density at radius 1 is 0.421 bits per heavy atom. The summed E-state index contributed by atoms with van der Waals surface area (Å²) < 4.78 is 6.08. The van der Waals surface area contributed by atoms with Crippen LogP contribution in [0.2, 0.25) is 0 Å². The molecule has 0 fully saturated rings. The van der Waals surface area contributed by atoms with E-state index in [9.17, 15) is 0 Å². The molecule has 1 heteroatoms. The molecule has 0 amide bonds. The summed E-state index contributed by atoms with van der Waals surface area (Å²) in [5.74, 6) is 1.83. The van der Waals surface area contributed by atoms with Gasteiger partial charge in [-0.3, -0.25) is 0 Å². The molecule has 0 aliphatic carbocycles. The van der Waals surface area contributed by atoms with Gasteiger partial charge in [-0.05, 0) is 23.3 Å². The maximum Gasteiger partial charge on any atom is 0.135 e. The first-order valence-corrected chi connectivity index (χ1v) is 6.39. The summed E-state index contributed by atoms with van der Waals surface area (Å²) in [5, 5.41) is 0. The van der Waals surface area contributed by atoms with Crippen molar-refractivity contribution in [1.82, 2.24) is 0 Å². The highest BCUT2D eigenvalue weighted by atomic mass is 16.5. The maximum atomic E-state index is 6.08. The van der Waals surface area contributed by atoms with Crippen molar-refractivity contribution in [3.05, 3.63) is 72.8 Å². The smallest absolute Gasteiger partial charge is 0.135 e. The van der Waals surface area contributed by atoms with E-state index in [1.54, 1.807) is 0 Å². The monoisotopic (exact) mass is 244 g/mol. The molecular weight excluding hydrogens is 232 g/mol. The van der Waals surface area contributed by atoms with Crippen molar-refractivity contribution in [3.63, 3.8) is 0 Å². The minimum Gasteiger partial charge on any atom is -0.456 e. The second-order valence-electron chi connectivity index (χ2n) is 4.64. The van der Waals surface area contributed by atoms with Gasteiger partial charge in [0.05, 0.1) is 0 Å². The SMILES string of the molecule is c1ccc2c(c1)Oc1ccccc1-c1ccccc1-2. The highest BCUT2D eigenvalue weighted by Crippen LogP contribution is 2.45. The molecule has 1 nitrogen and oxygen atoms in total. The molecule has 1 aliphatic rings. The number of ether oxygens (including phenoxy) is 1. The van der Waals surface area contributed by atoms with Crippen molar-refractivity contribution in [2.45, 2.75) is 0 Å². The average molecular weight is 244 g/mol. The first-order chi connectivity index (χ1) is 9.43. The molecule has 1 heterocycles. The predicted molar refractivity (Wildman–Crippen MR) is 77.4 cm³/mol. The summed E-state index contributed by atoms with van der Waals surface area (Å²) in [4.78, 5) is 0. The van der Waals surface area contributed by atoms with Gasteiger partial charge in [0.15, 0.2) is 0 Å². The van der Waals surface area contributed by atoms with E-state index in [1.165, 1.54) is 11.1 Å². The van der Waals surface area contributed by atoms with Crippen LogP contribution in [0.4, 0.5) is 0 Å². The fourth-order valence-corrected chi connectivity index (χ4v) is 2.63. The second-order valence-corrected chi connectivity index (χ2v) is 4.64. The van der Waals surface area contributed by atoms with Crippen molar-refractivity contribution >= 4 is 0 Å². The van der Waals surface area contributed by atoms with Crippen molar-refractivity contribution in [1.29, 1.82) is 0 Å². The van der Waals surface area contributed by atoms with E-state index in [0.717, 1.165) is 22.6 Å². The van der Waals surface area contributed by atoms with Gasteiger partial charge in [0.25, 0.3) is 0 Å². The fourth-order valence-electron chi connectivity index (χ4n) is 2.63. The molecule has 1 aliphatic heterocycles. The Kier molecular flexibility index (Phi) is 2.18. The minimum atomic E-state index is 0.917. The predicted octanol–water partition coefficient (Wildman–Crippen LogP) is 5.13. The van der Waals surface area contributed by atoms with Crippen LogP contribution in [-0.4, -0.2) is 0 Å². The van der Waals surface area contributed by atoms with E-state index in [0.29, 0.717) is 0 Å².